The quantitative estimate of drug-likeness (QED) is 0.801. The molecule has 3 nitrogen and oxygen atoms in total. The van der Waals surface area contributed by atoms with Crippen LogP contribution in [0.25, 0.3) is 0 Å². The molecule has 1 aliphatic heterocycles. The summed E-state index contributed by atoms with van der Waals surface area (Å²) in [6, 6.07) is 1.77. The Labute approximate surface area is 97.8 Å². The third-order valence-electron chi connectivity index (χ3n) is 2.79. The second kappa shape index (κ2) is 4.79. The molecule has 1 atom stereocenters. The summed E-state index contributed by atoms with van der Waals surface area (Å²) in [6.45, 7) is 2.39. The highest BCUT2D eigenvalue weighted by atomic mass is 19.2. The minimum atomic E-state index is -0.881. The van der Waals surface area contributed by atoms with Crippen LogP contribution in [0, 0.1) is 11.6 Å². The van der Waals surface area contributed by atoms with Gasteiger partial charge in [0.05, 0.1) is 6.61 Å². The fourth-order valence-corrected chi connectivity index (χ4v) is 2.02. The van der Waals surface area contributed by atoms with Crippen molar-refractivity contribution in [2.24, 2.45) is 0 Å². The molecular weight excluding hydrogens is 228 g/mol. The van der Waals surface area contributed by atoms with Gasteiger partial charge in [0, 0.05) is 6.54 Å². The SMILES string of the molecule is CCOC(=O)C1NCCc2c1ccc(F)c2F. The van der Waals surface area contributed by atoms with E-state index in [1.54, 1.807) is 6.92 Å². The molecule has 1 unspecified atom stereocenters. The molecule has 5 heteroatoms. The normalized spacial score (nSPS) is 18.6. The Hall–Kier alpha value is -1.49. The second-order valence-corrected chi connectivity index (χ2v) is 3.82. The molecule has 1 heterocycles. The zero-order chi connectivity index (χ0) is 12.4. The van der Waals surface area contributed by atoms with E-state index >= 15 is 0 Å². The monoisotopic (exact) mass is 241 g/mol. The van der Waals surface area contributed by atoms with Gasteiger partial charge in [-0.25, -0.2) is 13.6 Å². The summed E-state index contributed by atoms with van der Waals surface area (Å²) in [4.78, 5) is 11.7. The molecule has 1 N–H and O–H groups in total. The predicted molar refractivity (Wildman–Crippen MR) is 57.4 cm³/mol. The van der Waals surface area contributed by atoms with E-state index in [2.05, 4.69) is 5.32 Å². The van der Waals surface area contributed by atoms with Crippen LogP contribution >= 0.6 is 0 Å². The molecule has 0 radical (unpaired) electrons. The molecule has 0 amide bonds. The van der Waals surface area contributed by atoms with Gasteiger partial charge in [0.15, 0.2) is 11.6 Å². The Balaban J connectivity index is 2.38. The molecule has 0 saturated heterocycles. The first-order valence-corrected chi connectivity index (χ1v) is 5.52. The van der Waals surface area contributed by atoms with E-state index in [1.165, 1.54) is 6.07 Å². The van der Waals surface area contributed by atoms with Crippen molar-refractivity contribution < 1.29 is 18.3 Å². The number of nitrogens with one attached hydrogen (secondary N) is 1. The first-order chi connectivity index (χ1) is 8.15. The van der Waals surface area contributed by atoms with Gasteiger partial charge < -0.3 is 10.1 Å². The number of carbonyl (C=O) groups excluding carboxylic acids is 1. The molecule has 2 rings (SSSR count). The topological polar surface area (TPSA) is 38.3 Å². The summed E-state index contributed by atoms with van der Waals surface area (Å²) >= 11 is 0. The maximum Gasteiger partial charge on any atom is 0.327 e. The van der Waals surface area contributed by atoms with Gasteiger partial charge in [0.2, 0.25) is 0 Å². The summed E-state index contributed by atoms with van der Waals surface area (Å²) in [5.41, 5.74) is 0.732. The Morgan fingerprint density at radius 2 is 2.29 bits per heavy atom. The van der Waals surface area contributed by atoms with Gasteiger partial charge in [-0.2, -0.15) is 0 Å². The van der Waals surface area contributed by atoms with E-state index in [1.807, 2.05) is 0 Å². The van der Waals surface area contributed by atoms with Crippen LogP contribution in [-0.4, -0.2) is 19.1 Å². The minimum Gasteiger partial charge on any atom is -0.465 e. The van der Waals surface area contributed by atoms with Crippen LogP contribution < -0.4 is 5.32 Å². The van der Waals surface area contributed by atoms with E-state index in [9.17, 15) is 13.6 Å². The molecule has 0 fully saturated rings. The Bertz CT molecular complexity index is 448. The van der Waals surface area contributed by atoms with E-state index < -0.39 is 23.6 Å². The van der Waals surface area contributed by atoms with E-state index in [0.717, 1.165) is 6.07 Å². The van der Waals surface area contributed by atoms with E-state index in [0.29, 0.717) is 18.5 Å². The lowest BCUT2D eigenvalue weighted by Crippen LogP contribution is -2.36. The lowest BCUT2D eigenvalue weighted by Gasteiger charge is -2.25. The van der Waals surface area contributed by atoms with Crippen molar-refractivity contribution in [3.8, 4) is 0 Å². The van der Waals surface area contributed by atoms with Crippen LogP contribution in [0.3, 0.4) is 0 Å². The maximum atomic E-state index is 13.6. The summed E-state index contributed by atoms with van der Waals surface area (Å²) < 4.78 is 31.5. The number of esters is 1. The van der Waals surface area contributed by atoms with Crippen LogP contribution in [0.1, 0.15) is 24.1 Å². The molecule has 1 aromatic carbocycles. The van der Waals surface area contributed by atoms with Crippen LogP contribution in [-0.2, 0) is 16.0 Å². The molecule has 1 aromatic rings. The molecule has 92 valence electrons. The number of hydrogen-bond acceptors (Lipinski definition) is 3. The predicted octanol–water partition coefficient (Wildman–Crippen LogP) is 1.71. The van der Waals surface area contributed by atoms with Crippen LogP contribution in [0.4, 0.5) is 8.78 Å². The van der Waals surface area contributed by atoms with Gasteiger partial charge in [0.1, 0.15) is 6.04 Å². The summed E-state index contributed by atoms with van der Waals surface area (Å²) in [7, 11) is 0. The molecule has 0 saturated carbocycles. The highest BCUT2D eigenvalue weighted by Crippen LogP contribution is 2.27. The molecule has 0 aliphatic carbocycles. The fraction of sp³-hybridized carbons (Fsp3) is 0.417. The van der Waals surface area contributed by atoms with Gasteiger partial charge in [0.25, 0.3) is 0 Å². The average Bonchev–Trinajstić information content (AvgIpc) is 2.33. The Morgan fingerprint density at radius 1 is 1.53 bits per heavy atom. The number of benzene rings is 1. The second-order valence-electron chi connectivity index (χ2n) is 3.82. The fourth-order valence-electron chi connectivity index (χ4n) is 2.02. The zero-order valence-electron chi connectivity index (χ0n) is 9.43. The lowest BCUT2D eigenvalue weighted by molar-refractivity contribution is -0.146. The Kier molecular flexibility index (Phi) is 3.38. The highest BCUT2D eigenvalue weighted by Gasteiger charge is 2.29. The van der Waals surface area contributed by atoms with E-state index in [-0.39, 0.29) is 12.2 Å². The Morgan fingerprint density at radius 3 is 3.00 bits per heavy atom. The van der Waals surface area contributed by atoms with Crippen molar-refractivity contribution in [3.05, 3.63) is 34.9 Å². The largest absolute Gasteiger partial charge is 0.465 e. The number of fused-ring (bicyclic) bond motifs is 1. The molecule has 1 aliphatic rings. The maximum absolute atomic E-state index is 13.6. The van der Waals surface area contributed by atoms with Crippen LogP contribution in [0.5, 0.6) is 0 Å². The van der Waals surface area contributed by atoms with Gasteiger partial charge >= 0.3 is 5.97 Å². The summed E-state index contributed by atoms with van der Waals surface area (Å²) in [6.07, 6.45) is 0.370. The third-order valence-corrected chi connectivity index (χ3v) is 2.79. The van der Waals surface area contributed by atoms with Crippen molar-refractivity contribution in [2.75, 3.05) is 13.2 Å². The lowest BCUT2D eigenvalue weighted by atomic mass is 9.93. The summed E-state index contributed by atoms with van der Waals surface area (Å²) in [5, 5.41) is 2.94. The van der Waals surface area contributed by atoms with Crippen molar-refractivity contribution in [1.82, 2.24) is 5.32 Å². The molecule has 0 spiro atoms. The van der Waals surface area contributed by atoms with Crippen LogP contribution in [0.2, 0.25) is 0 Å². The molecule has 0 aromatic heterocycles. The van der Waals surface area contributed by atoms with Crippen molar-refractivity contribution in [1.29, 1.82) is 0 Å². The number of rotatable bonds is 2. The third kappa shape index (κ3) is 2.15. The van der Waals surface area contributed by atoms with Gasteiger partial charge in [-0.1, -0.05) is 6.07 Å². The first-order valence-electron chi connectivity index (χ1n) is 5.52. The van der Waals surface area contributed by atoms with Gasteiger partial charge in [-0.15, -0.1) is 0 Å². The van der Waals surface area contributed by atoms with Crippen LogP contribution in [0.15, 0.2) is 12.1 Å². The summed E-state index contributed by atoms with van der Waals surface area (Å²) in [5.74, 6) is -2.20. The minimum absolute atomic E-state index is 0.260. The first kappa shape index (κ1) is 12.0. The number of ether oxygens (including phenoxy) is 1. The number of carbonyl (C=O) groups is 1. The van der Waals surface area contributed by atoms with E-state index in [4.69, 9.17) is 4.74 Å². The molecule has 17 heavy (non-hydrogen) atoms. The van der Waals surface area contributed by atoms with Crippen molar-refractivity contribution in [2.45, 2.75) is 19.4 Å². The smallest absolute Gasteiger partial charge is 0.327 e. The standard InChI is InChI=1S/C12H13F2NO2/c1-2-17-12(16)11-8-3-4-9(13)10(14)7(8)5-6-15-11/h3-4,11,15H,2,5-6H2,1H3. The zero-order valence-corrected chi connectivity index (χ0v) is 9.43. The van der Waals surface area contributed by atoms with Gasteiger partial charge in [-0.05, 0) is 30.5 Å². The molecule has 0 bridgehead atoms. The van der Waals surface area contributed by atoms with Gasteiger partial charge in [-0.3, -0.25) is 0 Å². The molecular formula is C12H13F2NO2. The van der Waals surface area contributed by atoms with Crippen molar-refractivity contribution in [3.63, 3.8) is 0 Å². The average molecular weight is 241 g/mol. The number of halogens is 2. The number of hydrogen-bond donors (Lipinski definition) is 1. The highest BCUT2D eigenvalue weighted by molar-refractivity contribution is 5.78. The van der Waals surface area contributed by atoms with Crippen molar-refractivity contribution >= 4 is 5.97 Å².